The Balaban J connectivity index is 2.62. The highest BCUT2D eigenvalue weighted by Crippen LogP contribution is 2.18. The number of amides is 1. The maximum atomic E-state index is 11.2. The van der Waals surface area contributed by atoms with Crippen molar-refractivity contribution < 1.29 is 9.53 Å². The van der Waals surface area contributed by atoms with Crippen LogP contribution in [0.15, 0.2) is 24.3 Å². The molecule has 1 aromatic carbocycles. The van der Waals surface area contributed by atoms with E-state index >= 15 is 0 Å². The van der Waals surface area contributed by atoms with Crippen LogP contribution in [0, 0.1) is 0 Å². The van der Waals surface area contributed by atoms with Gasteiger partial charge in [-0.05, 0) is 17.9 Å². The predicted molar refractivity (Wildman–Crippen MR) is 60.1 cm³/mol. The summed E-state index contributed by atoms with van der Waals surface area (Å²) in [6.45, 7) is 1.94. The standard InChI is InChI=1S/C10H13NO2S/c1-3-14-10(12)11-8-5-4-6-9(7-8)13-2/h4-7H,3H2,1-2H3,(H,11,12). The molecule has 0 aromatic heterocycles. The average Bonchev–Trinajstić information content (AvgIpc) is 2.18. The van der Waals surface area contributed by atoms with Crippen molar-refractivity contribution in [2.24, 2.45) is 0 Å². The van der Waals surface area contributed by atoms with Crippen LogP contribution in [0.2, 0.25) is 0 Å². The predicted octanol–water partition coefficient (Wildman–Crippen LogP) is 2.98. The van der Waals surface area contributed by atoms with Crippen LogP contribution in [0.25, 0.3) is 0 Å². The van der Waals surface area contributed by atoms with Gasteiger partial charge < -0.3 is 10.1 Å². The van der Waals surface area contributed by atoms with Crippen molar-refractivity contribution in [2.75, 3.05) is 18.2 Å². The van der Waals surface area contributed by atoms with Crippen molar-refractivity contribution in [3.8, 4) is 5.75 Å². The van der Waals surface area contributed by atoms with E-state index in [4.69, 9.17) is 4.74 Å². The molecule has 0 aliphatic carbocycles. The minimum Gasteiger partial charge on any atom is -0.497 e. The van der Waals surface area contributed by atoms with E-state index in [0.29, 0.717) is 0 Å². The van der Waals surface area contributed by atoms with Crippen LogP contribution in [0.5, 0.6) is 5.75 Å². The normalized spacial score (nSPS) is 9.57. The lowest BCUT2D eigenvalue weighted by Gasteiger charge is -2.05. The van der Waals surface area contributed by atoms with E-state index in [1.165, 1.54) is 11.8 Å². The molecule has 0 atom stereocenters. The fourth-order valence-corrected chi connectivity index (χ4v) is 1.44. The topological polar surface area (TPSA) is 38.3 Å². The third-order valence-corrected chi connectivity index (χ3v) is 2.24. The van der Waals surface area contributed by atoms with Crippen LogP contribution >= 0.6 is 11.8 Å². The van der Waals surface area contributed by atoms with Crippen LogP contribution in [0.4, 0.5) is 10.5 Å². The molecule has 0 heterocycles. The number of methoxy groups -OCH3 is 1. The van der Waals surface area contributed by atoms with Crippen molar-refractivity contribution in [1.29, 1.82) is 0 Å². The van der Waals surface area contributed by atoms with Gasteiger partial charge in [-0.3, -0.25) is 4.79 Å². The molecule has 1 N–H and O–H groups in total. The van der Waals surface area contributed by atoms with Crippen molar-refractivity contribution in [3.63, 3.8) is 0 Å². The minimum atomic E-state index is -0.0410. The summed E-state index contributed by atoms with van der Waals surface area (Å²) < 4.78 is 5.04. The molecule has 0 aliphatic heterocycles. The SMILES string of the molecule is CCSC(=O)Nc1cccc(OC)c1. The van der Waals surface area contributed by atoms with Crippen molar-refractivity contribution in [2.45, 2.75) is 6.92 Å². The lowest BCUT2D eigenvalue weighted by Crippen LogP contribution is -2.04. The third kappa shape index (κ3) is 3.30. The molecule has 1 aromatic rings. The molecule has 0 radical (unpaired) electrons. The summed E-state index contributed by atoms with van der Waals surface area (Å²) in [5, 5.41) is 2.72. The smallest absolute Gasteiger partial charge is 0.283 e. The molecule has 0 unspecified atom stereocenters. The van der Waals surface area contributed by atoms with Gasteiger partial charge in [-0.2, -0.15) is 0 Å². The van der Waals surface area contributed by atoms with Gasteiger partial charge in [0.05, 0.1) is 7.11 Å². The summed E-state index contributed by atoms with van der Waals surface area (Å²) in [6, 6.07) is 7.29. The van der Waals surface area contributed by atoms with Gasteiger partial charge in [-0.1, -0.05) is 24.8 Å². The molecule has 0 saturated carbocycles. The number of hydrogen-bond donors (Lipinski definition) is 1. The van der Waals surface area contributed by atoms with Gasteiger partial charge in [-0.15, -0.1) is 0 Å². The second-order valence-electron chi connectivity index (χ2n) is 2.58. The number of carbonyl (C=O) groups is 1. The summed E-state index contributed by atoms with van der Waals surface area (Å²) in [6.07, 6.45) is 0. The first-order valence-electron chi connectivity index (χ1n) is 4.34. The zero-order valence-electron chi connectivity index (χ0n) is 8.24. The highest BCUT2D eigenvalue weighted by Gasteiger charge is 2.01. The number of rotatable bonds is 3. The van der Waals surface area contributed by atoms with E-state index in [9.17, 15) is 4.79 Å². The summed E-state index contributed by atoms with van der Waals surface area (Å²) in [5.74, 6) is 1.51. The number of hydrogen-bond acceptors (Lipinski definition) is 3. The van der Waals surface area contributed by atoms with E-state index in [2.05, 4.69) is 5.32 Å². The van der Waals surface area contributed by atoms with Gasteiger partial charge in [0, 0.05) is 11.8 Å². The molecule has 0 fully saturated rings. The summed E-state index contributed by atoms with van der Waals surface area (Å²) in [7, 11) is 1.60. The number of benzene rings is 1. The number of ether oxygens (including phenoxy) is 1. The monoisotopic (exact) mass is 211 g/mol. The average molecular weight is 211 g/mol. The maximum absolute atomic E-state index is 11.2. The Morgan fingerprint density at radius 1 is 1.57 bits per heavy atom. The van der Waals surface area contributed by atoms with Crippen LogP contribution in [-0.4, -0.2) is 18.1 Å². The van der Waals surface area contributed by atoms with Gasteiger partial charge in [0.1, 0.15) is 5.75 Å². The van der Waals surface area contributed by atoms with E-state index < -0.39 is 0 Å². The Morgan fingerprint density at radius 3 is 3.00 bits per heavy atom. The van der Waals surface area contributed by atoms with Crippen LogP contribution < -0.4 is 10.1 Å². The first-order valence-corrected chi connectivity index (χ1v) is 5.32. The zero-order chi connectivity index (χ0) is 10.4. The Bertz CT molecular complexity index is 315. The van der Waals surface area contributed by atoms with E-state index in [-0.39, 0.29) is 5.24 Å². The summed E-state index contributed by atoms with van der Waals surface area (Å²) in [5.41, 5.74) is 0.760. The summed E-state index contributed by atoms with van der Waals surface area (Å²) >= 11 is 1.25. The summed E-state index contributed by atoms with van der Waals surface area (Å²) in [4.78, 5) is 11.2. The Kier molecular flexibility index (Phi) is 4.32. The molecule has 3 nitrogen and oxygen atoms in total. The molecular weight excluding hydrogens is 198 g/mol. The fourth-order valence-electron chi connectivity index (χ4n) is 0.986. The van der Waals surface area contributed by atoms with Gasteiger partial charge in [0.25, 0.3) is 5.24 Å². The molecule has 1 amide bonds. The molecule has 14 heavy (non-hydrogen) atoms. The van der Waals surface area contributed by atoms with Gasteiger partial charge in [0.2, 0.25) is 0 Å². The highest BCUT2D eigenvalue weighted by molar-refractivity contribution is 8.13. The first kappa shape index (κ1) is 10.9. The highest BCUT2D eigenvalue weighted by atomic mass is 32.2. The largest absolute Gasteiger partial charge is 0.497 e. The Morgan fingerprint density at radius 2 is 2.36 bits per heavy atom. The van der Waals surface area contributed by atoms with Crippen molar-refractivity contribution in [1.82, 2.24) is 0 Å². The van der Waals surface area contributed by atoms with Crippen LogP contribution in [0.3, 0.4) is 0 Å². The lowest BCUT2D eigenvalue weighted by molar-refractivity contribution is 0.270. The van der Waals surface area contributed by atoms with E-state index in [0.717, 1.165) is 17.2 Å². The van der Waals surface area contributed by atoms with Gasteiger partial charge in [0.15, 0.2) is 0 Å². The number of anilines is 1. The van der Waals surface area contributed by atoms with Gasteiger partial charge >= 0.3 is 0 Å². The maximum Gasteiger partial charge on any atom is 0.283 e. The fraction of sp³-hybridized carbons (Fsp3) is 0.300. The second kappa shape index (κ2) is 5.54. The quantitative estimate of drug-likeness (QED) is 0.835. The molecule has 0 aliphatic rings. The molecule has 76 valence electrons. The zero-order valence-corrected chi connectivity index (χ0v) is 9.06. The number of nitrogens with one attached hydrogen (secondary N) is 1. The lowest BCUT2D eigenvalue weighted by atomic mass is 10.3. The van der Waals surface area contributed by atoms with Gasteiger partial charge in [-0.25, -0.2) is 0 Å². The van der Waals surface area contributed by atoms with Crippen LogP contribution in [0.1, 0.15) is 6.92 Å². The number of thioether (sulfide) groups is 1. The first-order chi connectivity index (χ1) is 6.76. The van der Waals surface area contributed by atoms with Crippen molar-refractivity contribution in [3.05, 3.63) is 24.3 Å². The van der Waals surface area contributed by atoms with Crippen molar-refractivity contribution >= 4 is 22.7 Å². The minimum absolute atomic E-state index is 0.0410. The molecule has 4 heteroatoms. The molecule has 1 rings (SSSR count). The molecule has 0 bridgehead atoms. The molecule has 0 saturated heterocycles. The number of carbonyl (C=O) groups excluding carboxylic acids is 1. The van der Waals surface area contributed by atoms with E-state index in [1.54, 1.807) is 13.2 Å². The Hall–Kier alpha value is -1.16. The van der Waals surface area contributed by atoms with E-state index in [1.807, 2.05) is 25.1 Å². The second-order valence-corrected chi connectivity index (χ2v) is 3.81. The Labute approximate surface area is 87.8 Å². The third-order valence-electron chi connectivity index (χ3n) is 1.59. The molecular formula is C10H13NO2S. The molecule has 0 spiro atoms. The van der Waals surface area contributed by atoms with Crippen LogP contribution in [-0.2, 0) is 0 Å².